The highest BCUT2D eigenvalue weighted by molar-refractivity contribution is 5.76. The van der Waals surface area contributed by atoms with Crippen molar-refractivity contribution in [2.75, 3.05) is 13.1 Å². The van der Waals surface area contributed by atoms with E-state index >= 15 is 0 Å². The van der Waals surface area contributed by atoms with Crippen LogP contribution in [0.2, 0.25) is 0 Å². The number of unbranched alkanes of at least 4 members (excludes halogenated alkanes) is 1. The molecule has 0 spiro atoms. The minimum atomic E-state index is 0.117. The zero-order valence-electron chi connectivity index (χ0n) is 12.5. The summed E-state index contributed by atoms with van der Waals surface area (Å²) in [6.07, 6.45) is 5.12. The van der Waals surface area contributed by atoms with Gasteiger partial charge in [-0.1, -0.05) is 40.5 Å². The van der Waals surface area contributed by atoms with Crippen molar-refractivity contribution in [1.82, 2.24) is 4.90 Å². The molecular formula is C15H30N2O. The number of hydrogen-bond acceptors (Lipinski definition) is 2. The van der Waals surface area contributed by atoms with Gasteiger partial charge in [0.05, 0.1) is 0 Å². The topological polar surface area (TPSA) is 46.3 Å². The quantitative estimate of drug-likeness (QED) is 0.767. The summed E-state index contributed by atoms with van der Waals surface area (Å²) in [7, 11) is 0. The number of piperidine rings is 1. The summed E-state index contributed by atoms with van der Waals surface area (Å²) >= 11 is 0. The molecule has 1 heterocycles. The van der Waals surface area contributed by atoms with Gasteiger partial charge in [0.1, 0.15) is 0 Å². The third-order valence-electron chi connectivity index (χ3n) is 4.22. The summed E-state index contributed by atoms with van der Waals surface area (Å²) in [5.41, 5.74) is 6.32. The molecule has 3 nitrogen and oxygen atoms in total. The molecule has 1 unspecified atom stereocenters. The number of hydrogen-bond donors (Lipinski definition) is 1. The van der Waals surface area contributed by atoms with E-state index in [-0.39, 0.29) is 11.5 Å². The van der Waals surface area contributed by atoms with Gasteiger partial charge < -0.3 is 10.6 Å². The molecule has 18 heavy (non-hydrogen) atoms. The van der Waals surface area contributed by atoms with E-state index in [1.54, 1.807) is 0 Å². The summed E-state index contributed by atoms with van der Waals surface area (Å²) in [6, 6.07) is 0.117. The summed E-state index contributed by atoms with van der Waals surface area (Å²) in [5, 5.41) is 0. The molecule has 1 aliphatic heterocycles. The maximum Gasteiger partial charge on any atom is 0.222 e. The van der Waals surface area contributed by atoms with E-state index in [2.05, 4.69) is 27.7 Å². The van der Waals surface area contributed by atoms with Crippen molar-refractivity contribution in [3.05, 3.63) is 0 Å². The standard InChI is InChI=1S/C15H30N2O/c1-12(2)7-5-6-8-14(18)17-10-9-15(3,4)13(16)11-17/h12-13H,5-11,16H2,1-4H3. The predicted molar refractivity (Wildman–Crippen MR) is 76.3 cm³/mol. The lowest BCUT2D eigenvalue weighted by molar-refractivity contribution is -0.133. The van der Waals surface area contributed by atoms with Gasteiger partial charge in [0.15, 0.2) is 0 Å². The third kappa shape index (κ3) is 4.60. The van der Waals surface area contributed by atoms with Gasteiger partial charge in [-0.15, -0.1) is 0 Å². The molecule has 0 aliphatic carbocycles. The molecule has 0 aromatic rings. The van der Waals surface area contributed by atoms with Crippen molar-refractivity contribution in [1.29, 1.82) is 0 Å². The van der Waals surface area contributed by atoms with E-state index in [4.69, 9.17) is 5.73 Å². The van der Waals surface area contributed by atoms with Crippen LogP contribution in [0, 0.1) is 11.3 Å². The predicted octanol–water partition coefficient (Wildman–Crippen LogP) is 2.79. The Bertz CT molecular complexity index is 274. The molecule has 1 atom stereocenters. The number of carbonyl (C=O) groups is 1. The Balaban J connectivity index is 2.27. The van der Waals surface area contributed by atoms with Crippen LogP contribution >= 0.6 is 0 Å². The minimum absolute atomic E-state index is 0.117. The fourth-order valence-corrected chi connectivity index (χ4v) is 2.40. The molecule has 0 radical (unpaired) electrons. The first-order valence-corrected chi connectivity index (χ1v) is 7.36. The first-order valence-electron chi connectivity index (χ1n) is 7.36. The van der Waals surface area contributed by atoms with Gasteiger partial charge in [-0.2, -0.15) is 0 Å². The monoisotopic (exact) mass is 254 g/mol. The van der Waals surface area contributed by atoms with Gasteiger partial charge in [-0.25, -0.2) is 0 Å². The maximum absolute atomic E-state index is 12.1. The SMILES string of the molecule is CC(C)CCCCC(=O)N1CCC(C)(C)C(N)C1. The molecule has 0 bridgehead atoms. The number of nitrogens with zero attached hydrogens (tertiary/aromatic N) is 1. The van der Waals surface area contributed by atoms with Gasteiger partial charge in [0, 0.05) is 25.6 Å². The van der Waals surface area contributed by atoms with Crippen LogP contribution in [0.3, 0.4) is 0 Å². The smallest absolute Gasteiger partial charge is 0.222 e. The summed E-state index contributed by atoms with van der Waals surface area (Å²) in [5.74, 6) is 1.04. The molecule has 106 valence electrons. The van der Waals surface area contributed by atoms with Gasteiger partial charge in [-0.05, 0) is 24.2 Å². The van der Waals surface area contributed by atoms with Gasteiger partial charge in [0.25, 0.3) is 0 Å². The zero-order chi connectivity index (χ0) is 13.8. The second-order valence-corrected chi connectivity index (χ2v) is 6.82. The zero-order valence-corrected chi connectivity index (χ0v) is 12.5. The molecule has 2 N–H and O–H groups in total. The summed E-state index contributed by atoms with van der Waals surface area (Å²) in [6.45, 7) is 10.5. The summed E-state index contributed by atoms with van der Waals surface area (Å²) < 4.78 is 0. The highest BCUT2D eigenvalue weighted by Gasteiger charge is 2.34. The van der Waals surface area contributed by atoms with E-state index < -0.39 is 0 Å². The first kappa shape index (κ1) is 15.5. The van der Waals surface area contributed by atoms with Crippen molar-refractivity contribution in [3.63, 3.8) is 0 Å². The van der Waals surface area contributed by atoms with E-state index in [1.807, 2.05) is 4.90 Å². The number of amides is 1. The van der Waals surface area contributed by atoms with Crippen molar-refractivity contribution >= 4 is 5.91 Å². The van der Waals surface area contributed by atoms with Crippen LogP contribution in [0.15, 0.2) is 0 Å². The largest absolute Gasteiger partial charge is 0.341 e. The molecule has 1 rings (SSSR count). The highest BCUT2D eigenvalue weighted by atomic mass is 16.2. The Morgan fingerprint density at radius 3 is 2.61 bits per heavy atom. The maximum atomic E-state index is 12.1. The molecule has 3 heteroatoms. The molecule has 0 aromatic carbocycles. The van der Waals surface area contributed by atoms with E-state index in [9.17, 15) is 4.79 Å². The second kappa shape index (κ2) is 6.55. The molecule has 1 saturated heterocycles. The Morgan fingerprint density at radius 1 is 1.39 bits per heavy atom. The summed E-state index contributed by atoms with van der Waals surface area (Å²) in [4.78, 5) is 14.0. The molecule has 1 amide bonds. The van der Waals surface area contributed by atoms with E-state index in [1.165, 1.54) is 6.42 Å². The van der Waals surface area contributed by atoms with Crippen LogP contribution in [-0.4, -0.2) is 29.9 Å². The van der Waals surface area contributed by atoms with Gasteiger partial charge in [0.2, 0.25) is 5.91 Å². The highest BCUT2D eigenvalue weighted by Crippen LogP contribution is 2.29. The molecule has 0 saturated carbocycles. The Morgan fingerprint density at radius 2 is 2.06 bits per heavy atom. The number of rotatable bonds is 5. The Hall–Kier alpha value is -0.570. The van der Waals surface area contributed by atoms with Crippen LogP contribution in [0.25, 0.3) is 0 Å². The lowest BCUT2D eigenvalue weighted by Gasteiger charge is -2.42. The van der Waals surface area contributed by atoms with Crippen LogP contribution in [0.4, 0.5) is 0 Å². The van der Waals surface area contributed by atoms with E-state index in [0.717, 1.165) is 38.3 Å². The minimum Gasteiger partial charge on any atom is -0.341 e. The first-order chi connectivity index (χ1) is 8.33. The average Bonchev–Trinajstić information content (AvgIpc) is 2.27. The van der Waals surface area contributed by atoms with Gasteiger partial charge >= 0.3 is 0 Å². The number of nitrogens with two attached hydrogens (primary N) is 1. The molecule has 0 aromatic heterocycles. The van der Waals surface area contributed by atoms with Crippen molar-refractivity contribution in [3.8, 4) is 0 Å². The number of likely N-dealkylation sites (tertiary alicyclic amines) is 1. The fourth-order valence-electron chi connectivity index (χ4n) is 2.40. The van der Waals surface area contributed by atoms with Crippen LogP contribution < -0.4 is 5.73 Å². The third-order valence-corrected chi connectivity index (χ3v) is 4.22. The Kier molecular flexibility index (Phi) is 5.64. The van der Waals surface area contributed by atoms with Crippen molar-refractivity contribution in [2.24, 2.45) is 17.1 Å². The lowest BCUT2D eigenvalue weighted by atomic mass is 9.78. The molecular weight excluding hydrogens is 224 g/mol. The van der Waals surface area contributed by atoms with Crippen LogP contribution in [0.1, 0.15) is 59.8 Å². The van der Waals surface area contributed by atoms with E-state index in [0.29, 0.717) is 12.3 Å². The molecule has 1 aliphatic rings. The second-order valence-electron chi connectivity index (χ2n) is 6.82. The van der Waals surface area contributed by atoms with Crippen molar-refractivity contribution in [2.45, 2.75) is 65.8 Å². The fraction of sp³-hybridized carbons (Fsp3) is 0.933. The lowest BCUT2D eigenvalue weighted by Crippen LogP contribution is -2.54. The normalized spacial score (nSPS) is 23.4. The van der Waals surface area contributed by atoms with Crippen LogP contribution in [-0.2, 0) is 4.79 Å². The van der Waals surface area contributed by atoms with Crippen molar-refractivity contribution < 1.29 is 4.79 Å². The van der Waals surface area contributed by atoms with Crippen LogP contribution in [0.5, 0.6) is 0 Å². The Labute approximate surface area is 112 Å². The average molecular weight is 254 g/mol. The molecule has 1 fully saturated rings. The number of carbonyl (C=O) groups excluding carboxylic acids is 1. The van der Waals surface area contributed by atoms with Gasteiger partial charge in [-0.3, -0.25) is 4.79 Å².